The molecule has 0 spiro atoms. The van der Waals surface area contributed by atoms with E-state index in [0.29, 0.717) is 30.2 Å². The first-order valence-electron chi connectivity index (χ1n) is 6.00. The van der Waals surface area contributed by atoms with Crippen LogP contribution < -0.4 is 15.8 Å². The van der Waals surface area contributed by atoms with Crippen LogP contribution in [-0.2, 0) is 6.54 Å². The van der Waals surface area contributed by atoms with Gasteiger partial charge < -0.3 is 20.4 Å². The maximum absolute atomic E-state index is 12.1. The Morgan fingerprint density at radius 3 is 3.05 bits per heavy atom. The average molecular weight is 339 g/mol. The van der Waals surface area contributed by atoms with Crippen LogP contribution in [0, 0.1) is 0 Å². The number of rotatable bonds is 5. The maximum atomic E-state index is 12.1. The zero-order valence-electron chi connectivity index (χ0n) is 11.0. The van der Waals surface area contributed by atoms with E-state index in [9.17, 15) is 4.79 Å². The van der Waals surface area contributed by atoms with E-state index in [-0.39, 0.29) is 5.91 Å². The van der Waals surface area contributed by atoms with Crippen molar-refractivity contribution in [2.45, 2.75) is 6.54 Å². The van der Waals surface area contributed by atoms with Crippen LogP contribution in [0.5, 0.6) is 5.75 Å². The highest BCUT2D eigenvalue weighted by atomic mass is 79.9. The molecule has 0 atom stereocenters. The molecule has 7 heteroatoms. The third-order valence-corrected chi connectivity index (χ3v) is 3.37. The van der Waals surface area contributed by atoms with Gasteiger partial charge in [-0.25, -0.2) is 4.98 Å². The van der Waals surface area contributed by atoms with Gasteiger partial charge in [0, 0.05) is 29.8 Å². The zero-order chi connectivity index (χ0) is 14.5. The van der Waals surface area contributed by atoms with E-state index in [1.165, 1.54) is 0 Å². The summed E-state index contributed by atoms with van der Waals surface area (Å²) in [5, 5.41) is 2.78. The van der Waals surface area contributed by atoms with Crippen LogP contribution in [0.3, 0.4) is 0 Å². The summed E-state index contributed by atoms with van der Waals surface area (Å²) in [5.74, 6) is 0.381. The maximum Gasteiger partial charge on any atom is 0.275 e. The minimum atomic E-state index is -0.283. The summed E-state index contributed by atoms with van der Waals surface area (Å²) in [5.41, 5.74) is 6.42. The van der Waals surface area contributed by atoms with E-state index in [1.807, 2.05) is 6.07 Å². The number of imidazole rings is 1. The van der Waals surface area contributed by atoms with Crippen LogP contribution in [0.2, 0.25) is 0 Å². The molecule has 1 amide bonds. The van der Waals surface area contributed by atoms with Gasteiger partial charge in [-0.2, -0.15) is 0 Å². The van der Waals surface area contributed by atoms with Gasteiger partial charge in [0.1, 0.15) is 11.4 Å². The second-order valence-corrected chi connectivity index (χ2v) is 4.94. The molecule has 6 nitrogen and oxygen atoms in total. The Morgan fingerprint density at radius 2 is 2.35 bits per heavy atom. The smallest absolute Gasteiger partial charge is 0.275 e. The molecule has 1 heterocycles. The molecule has 0 radical (unpaired) electrons. The molecule has 106 valence electrons. The van der Waals surface area contributed by atoms with E-state index in [2.05, 4.69) is 26.2 Å². The number of halogens is 1. The lowest BCUT2D eigenvalue weighted by molar-refractivity contribution is 0.102. The molecule has 0 saturated heterocycles. The van der Waals surface area contributed by atoms with Crippen LogP contribution in [-0.4, -0.2) is 29.1 Å². The van der Waals surface area contributed by atoms with Gasteiger partial charge in [0.2, 0.25) is 0 Å². The monoisotopic (exact) mass is 338 g/mol. The number of carbonyl (C=O) groups excluding carboxylic acids is 1. The molecule has 0 aliphatic carbocycles. The van der Waals surface area contributed by atoms with E-state index >= 15 is 0 Å². The molecule has 0 aliphatic rings. The van der Waals surface area contributed by atoms with E-state index in [4.69, 9.17) is 10.5 Å². The number of methoxy groups -OCH3 is 1. The summed E-state index contributed by atoms with van der Waals surface area (Å²) >= 11 is 3.38. The Hall–Kier alpha value is -1.86. The fourth-order valence-electron chi connectivity index (χ4n) is 1.66. The Kier molecular flexibility index (Phi) is 4.75. The first kappa shape index (κ1) is 14.5. The second-order valence-electron chi connectivity index (χ2n) is 4.09. The molecule has 0 aliphatic heterocycles. The fourth-order valence-corrected chi connectivity index (χ4v) is 2.01. The van der Waals surface area contributed by atoms with Gasteiger partial charge in [-0.1, -0.05) is 0 Å². The van der Waals surface area contributed by atoms with Crippen molar-refractivity contribution in [1.29, 1.82) is 0 Å². The van der Waals surface area contributed by atoms with Crippen molar-refractivity contribution < 1.29 is 9.53 Å². The lowest BCUT2D eigenvalue weighted by atomic mass is 10.3. The molecular formula is C13H15BrN4O2. The minimum absolute atomic E-state index is 0.283. The fraction of sp³-hybridized carbons (Fsp3) is 0.231. The van der Waals surface area contributed by atoms with Gasteiger partial charge in [0.25, 0.3) is 5.91 Å². The topological polar surface area (TPSA) is 82.2 Å². The van der Waals surface area contributed by atoms with E-state index in [1.54, 1.807) is 36.3 Å². The second kappa shape index (κ2) is 6.53. The molecule has 0 bridgehead atoms. The van der Waals surface area contributed by atoms with Crippen molar-refractivity contribution in [3.63, 3.8) is 0 Å². The van der Waals surface area contributed by atoms with Gasteiger partial charge in [0.05, 0.1) is 19.1 Å². The normalized spacial score (nSPS) is 10.3. The summed E-state index contributed by atoms with van der Waals surface area (Å²) in [4.78, 5) is 16.2. The highest BCUT2D eigenvalue weighted by Gasteiger charge is 2.12. The summed E-state index contributed by atoms with van der Waals surface area (Å²) in [6, 6.07) is 5.34. The molecule has 2 aromatic rings. The molecule has 1 aromatic carbocycles. The first-order valence-corrected chi connectivity index (χ1v) is 6.80. The van der Waals surface area contributed by atoms with Crippen molar-refractivity contribution in [1.82, 2.24) is 9.55 Å². The molecule has 0 saturated carbocycles. The highest BCUT2D eigenvalue weighted by Crippen LogP contribution is 2.27. The number of carbonyl (C=O) groups is 1. The molecule has 20 heavy (non-hydrogen) atoms. The number of ether oxygens (including phenoxy) is 1. The Balaban J connectivity index is 2.14. The zero-order valence-corrected chi connectivity index (χ0v) is 12.6. The van der Waals surface area contributed by atoms with E-state index < -0.39 is 0 Å². The van der Waals surface area contributed by atoms with Crippen LogP contribution in [0.4, 0.5) is 5.69 Å². The number of nitrogens with zero attached hydrogens (tertiary/aromatic N) is 2. The Bertz CT molecular complexity index is 612. The third kappa shape index (κ3) is 3.37. The standard InChI is InChI=1S/C13H15BrN4O2/c1-20-9-2-3-10(14)11(6-9)17-13(19)12-7-18(5-4-15)8-16-12/h2-3,6-8H,4-5,15H2,1H3,(H,17,19). The number of hydrogen-bond donors (Lipinski definition) is 2. The van der Waals surface area contributed by atoms with Gasteiger partial charge in [-0.15, -0.1) is 0 Å². The highest BCUT2D eigenvalue weighted by molar-refractivity contribution is 9.10. The number of benzene rings is 1. The third-order valence-electron chi connectivity index (χ3n) is 2.67. The number of hydrogen-bond acceptors (Lipinski definition) is 4. The summed E-state index contributed by atoms with van der Waals surface area (Å²) < 4.78 is 7.67. The minimum Gasteiger partial charge on any atom is -0.497 e. The quantitative estimate of drug-likeness (QED) is 0.871. The summed E-state index contributed by atoms with van der Waals surface area (Å²) in [6.07, 6.45) is 3.25. The number of aromatic nitrogens is 2. The van der Waals surface area contributed by atoms with Crippen molar-refractivity contribution in [2.24, 2.45) is 5.73 Å². The van der Waals surface area contributed by atoms with Crippen molar-refractivity contribution in [3.05, 3.63) is 40.9 Å². The lowest BCUT2D eigenvalue weighted by Crippen LogP contribution is -2.13. The number of nitrogens with one attached hydrogen (secondary N) is 1. The largest absolute Gasteiger partial charge is 0.497 e. The van der Waals surface area contributed by atoms with Crippen molar-refractivity contribution in [2.75, 3.05) is 19.0 Å². The SMILES string of the molecule is COc1ccc(Br)c(NC(=O)c2cn(CCN)cn2)c1. The van der Waals surface area contributed by atoms with Crippen molar-refractivity contribution in [3.8, 4) is 5.75 Å². The summed E-state index contributed by atoms with van der Waals surface area (Å²) in [6.45, 7) is 1.13. The van der Waals surface area contributed by atoms with Crippen LogP contribution in [0.15, 0.2) is 35.2 Å². The molecule has 1 aromatic heterocycles. The molecule has 3 N–H and O–H groups in total. The first-order chi connectivity index (χ1) is 9.63. The molecular weight excluding hydrogens is 324 g/mol. The number of nitrogens with two attached hydrogens (primary N) is 1. The predicted molar refractivity (Wildman–Crippen MR) is 79.9 cm³/mol. The van der Waals surface area contributed by atoms with Crippen LogP contribution >= 0.6 is 15.9 Å². The number of amides is 1. The van der Waals surface area contributed by atoms with E-state index in [0.717, 1.165) is 4.47 Å². The van der Waals surface area contributed by atoms with Crippen LogP contribution in [0.25, 0.3) is 0 Å². The average Bonchev–Trinajstić information content (AvgIpc) is 2.90. The molecule has 0 unspecified atom stereocenters. The predicted octanol–water partition coefficient (Wildman–Crippen LogP) is 1.87. The molecule has 0 fully saturated rings. The lowest BCUT2D eigenvalue weighted by Gasteiger charge is -2.08. The van der Waals surface area contributed by atoms with Gasteiger partial charge >= 0.3 is 0 Å². The Labute approximate surface area is 125 Å². The van der Waals surface area contributed by atoms with Gasteiger partial charge in [-0.3, -0.25) is 4.79 Å². The van der Waals surface area contributed by atoms with Gasteiger partial charge in [0.15, 0.2) is 0 Å². The van der Waals surface area contributed by atoms with Gasteiger partial charge in [-0.05, 0) is 28.1 Å². The number of anilines is 1. The Morgan fingerprint density at radius 1 is 1.55 bits per heavy atom. The summed E-state index contributed by atoms with van der Waals surface area (Å²) in [7, 11) is 1.57. The molecule has 2 rings (SSSR count). The van der Waals surface area contributed by atoms with Crippen LogP contribution in [0.1, 0.15) is 10.5 Å². The van der Waals surface area contributed by atoms with Crippen molar-refractivity contribution >= 4 is 27.5 Å².